The molecule has 5 rings (SSSR count). The van der Waals surface area contributed by atoms with Gasteiger partial charge in [-0.1, -0.05) is 29.8 Å². The molecule has 0 bridgehead atoms. The Labute approximate surface area is 235 Å². The van der Waals surface area contributed by atoms with E-state index in [1.54, 1.807) is 37.6 Å². The van der Waals surface area contributed by atoms with Crippen molar-refractivity contribution in [1.82, 2.24) is 13.8 Å². The molecule has 1 atom stereocenters. The van der Waals surface area contributed by atoms with Crippen LogP contribution in [0.1, 0.15) is 38.7 Å². The molecule has 40 heavy (non-hydrogen) atoms. The summed E-state index contributed by atoms with van der Waals surface area (Å²) in [6.07, 6.45) is 1.64. The molecule has 0 amide bonds. The Bertz CT molecular complexity index is 1640. The molecule has 0 N–H and O–H groups in total. The molecule has 1 saturated heterocycles. The standard InChI is InChI=1S/C31H35N3O5S/c1-21-6-12-25(13-7-21)40(36,37)34-15-14-26-27(29(38-4)18-22(2)30(26)34)19-33-17-16-32(3)20-28(33)23-8-10-24(11-9-23)31(35)39-5/h6-15,18,28H,16-17,19-20H2,1-5H3. The van der Waals surface area contributed by atoms with Gasteiger partial charge in [-0.25, -0.2) is 17.2 Å². The number of ether oxygens (including phenoxy) is 2. The summed E-state index contributed by atoms with van der Waals surface area (Å²) >= 11 is 0. The average molecular weight is 562 g/mol. The van der Waals surface area contributed by atoms with Crippen LogP contribution in [0.25, 0.3) is 10.9 Å². The molecule has 4 aromatic rings. The molecule has 0 aliphatic carbocycles. The van der Waals surface area contributed by atoms with Crippen molar-refractivity contribution in [3.8, 4) is 5.75 Å². The number of hydrogen-bond donors (Lipinski definition) is 0. The predicted molar refractivity (Wildman–Crippen MR) is 155 cm³/mol. The minimum Gasteiger partial charge on any atom is -0.496 e. The van der Waals surface area contributed by atoms with Crippen LogP contribution in [0.5, 0.6) is 5.75 Å². The fourth-order valence-electron chi connectivity index (χ4n) is 5.52. The van der Waals surface area contributed by atoms with Crippen molar-refractivity contribution in [2.24, 2.45) is 0 Å². The number of nitrogens with zero attached hydrogens (tertiary/aromatic N) is 3. The van der Waals surface area contributed by atoms with Gasteiger partial charge in [-0.2, -0.15) is 0 Å². The van der Waals surface area contributed by atoms with Crippen molar-refractivity contribution < 1.29 is 22.7 Å². The van der Waals surface area contributed by atoms with E-state index in [1.807, 2.05) is 50.2 Å². The summed E-state index contributed by atoms with van der Waals surface area (Å²) in [7, 11) is 1.35. The third kappa shape index (κ3) is 5.12. The molecule has 1 aliphatic heterocycles. The highest BCUT2D eigenvalue weighted by Crippen LogP contribution is 2.37. The van der Waals surface area contributed by atoms with E-state index < -0.39 is 10.0 Å². The van der Waals surface area contributed by atoms with Crippen molar-refractivity contribution in [2.75, 3.05) is 40.9 Å². The third-order valence-electron chi connectivity index (χ3n) is 7.77. The van der Waals surface area contributed by atoms with Gasteiger partial charge in [0.05, 0.1) is 30.2 Å². The van der Waals surface area contributed by atoms with E-state index in [0.29, 0.717) is 17.6 Å². The number of likely N-dealkylation sites (N-methyl/N-ethyl adjacent to an activating group) is 1. The van der Waals surface area contributed by atoms with E-state index in [2.05, 4.69) is 16.8 Å². The zero-order valence-electron chi connectivity index (χ0n) is 23.5. The molecular formula is C31H35N3O5S. The summed E-state index contributed by atoms with van der Waals surface area (Å²) in [4.78, 5) is 16.9. The minimum atomic E-state index is -3.79. The van der Waals surface area contributed by atoms with Crippen molar-refractivity contribution in [3.05, 3.63) is 94.7 Å². The fourth-order valence-corrected chi connectivity index (χ4v) is 6.93. The summed E-state index contributed by atoms with van der Waals surface area (Å²) in [5.74, 6) is 0.371. The van der Waals surface area contributed by atoms with Crippen LogP contribution in [0.3, 0.4) is 0 Å². The quantitative estimate of drug-likeness (QED) is 0.301. The van der Waals surface area contributed by atoms with E-state index in [9.17, 15) is 13.2 Å². The van der Waals surface area contributed by atoms with Gasteiger partial charge < -0.3 is 14.4 Å². The van der Waals surface area contributed by atoms with Crippen molar-refractivity contribution in [2.45, 2.75) is 31.3 Å². The normalized spacial score (nSPS) is 16.8. The first-order chi connectivity index (χ1) is 19.1. The zero-order valence-corrected chi connectivity index (χ0v) is 24.4. The number of aromatic nitrogens is 1. The first kappa shape index (κ1) is 27.9. The van der Waals surface area contributed by atoms with E-state index >= 15 is 0 Å². The molecule has 9 heteroatoms. The van der Waals surface area contributed by atoms with Crippen molar-refractivity contribution >= 4 is 26.9 Å². The second-order valence-corrected chi connectivity index (χ2v) is 12.2. The van der Waals surface area contributed by atoms with Crippen LogP contribution in [0.2, 0.25) is 0 Å². The highest BCUT2D eigenvalue weighted by Gasteiger charge is 2.30. The lowest BCUT2D eigenvalue weighted by Gasteiger charge is -2.40. The highest BCUT2D eigenvalue weighted by atomic mass is 32.2. The van der Waals surface area contributed by atoms with E-state index in [4.69, 9.17) is 9.47 Å². The maximum atomic E-state index is 13.7. The Morgan fingerprint density at radius 3 is 2.33 bits per heavy atom. The summed E-state index contributed by atoms with van der Waals surface area (Å²) in [5, 5.41) is 0.853. The van der Waals surface area contributed by atoms with Gasteiger partial charge in [-0.05, 0) is 68.4 Å². The molecule has 0 saturated carbocycles. The Balaban J connectivity index is 1.56. The van der Waals surface area contributed by atoms with Crippen LogP contribution >= 0.6 is 0 Å². The van der Waals surface area contributed by atoms with Gasteiger partial charge in [-0.3, -0.25) is 4.90 Å². The lowest BCUT2D eigenvalue weighted by molar-refractivity contribution is 0.0600. The topological polar surface area (TPSA) is 81.1 Å². The van der Waals surface area contributed by atoms with Crippen LogP contribution in [0.15, 0.2) is 71.8 Å². The molecule has 210 valence electrons. The highest BCUT2D eigenvalue weighted by molar-refractivity contribution is 7.90. The number of methoxy groups -OCH3 is 2. The van der Waals surface area contributed by atoms with Gasteiger partial charge in [0.1, 0.15) is 5.75 Å². The monoisotopic (exact) mass is 561 g/mol. The van der Waals surface area contributed by atoms with E-state index in [-0.39, 0.29) is 16.9 Å². The number of fused-ring (bicyclic) bond motifs is 1. The van der Waals surface area contributed by atoms with Crippen LogP contribution < -0.4 is 4.74 Å². The maximum absolute atomic E-state index is 13.7. The first-order valence-electron chi connectivity index (χ1n) is 13.2. The molecule has 1 aliphatic rings. The molecule has 0 spiro atoms. The van der Waals surface area contributed by atoms with Gasteiger partial charge >= 0.3 is 5.97 Å². The lowest BCUT2D eigenvalue weighted by atomic mass is 9.98. The summed E-state index contributed by atoms with van der Waals surface area (Å²) < 4.78 is 39.4. The summed E-state index contributed by atoms with van der Waals surface area (Å²) in [6, 6.07) is 18.4. The number of esters is 1. The van der Waals surface area contributed by atoms with Gasteiger partial charge in [0, 0.05) is 49.4 Å². The number of hydrogen-bond acceptors (Lipinski definition) is 7. The SMILES string of the molecule is COC(=O)c1ccc(C2CN(C)CCN2Cc2c(OC)cc(C)c3c2ccn3S(=O)(=O)c2ccc(C)cc2)cc1. The summed E-state index contributed by atoms with van der Waals surface area (Å²) in [6.45, 7) is 6.96. The molecule has 8 nitrogen and oxygen atoms in total. The molecule has 1 aromatic heterocycles. The Morgan fingerprint density at radius 2 is 1.68 bits per heavy atom. The number of carbonyl (C=O) groups excluding carboxylic acids is 1. The smallest absolute Gasteiger partial charge is 0.337 e. The number of rotatable bonds is 7. The van der Waals surface area contributed by atoms with Crippen molar-refractivity contribution in [3.63, 3.8) is 0 Å². The third-order valence-corrected chi connectivity index (χ3v) is 9.46. The molecule has 1 unspecified atom stereocenters. The minimum absolute atomic E-state index is 0.0740. The molecule has 1 fully saturated rings. The fraction of sp³-hybridized carbons (Fsp3) is 0.323. The van der Waals surface area contributed by atoms with Crippen LogP contribution in [-0.4, -0.2) is 69.1 Å². The summed E-state index contributed by atoms with van der Waals surface area (Å²) in [5.41, 5.74) is 5.04. The molecule has 3 aromatic carbocycles. The zero-order chi connectivity index (χ0) is 28.6. The average Bonchev–Trinajstić information content (AvgIpc) is 3.42. The second-order valence-electron chi connectivity index (χ2n) is 10.4. The number of benzene rings is 3. The number of piperazine rings is 1. The van der Waals surface area contributed by atoms with Crippen molar-refractivity contribution in [1.29, 1.82) is 0 Å². The van der Waals surface area contributed by atoms with Gasteiger partial charge in [-0.15, -0.1) is 0 Å². The van der Waals surface area contributed by atoms with Crippen LogP contribution in [0.4, 0.5) is 0 Å². The van der Waals surface area contributed by atoms with E-state index in [1.165, 1.54) is 11.1 Å². The Morgan fingerprint density at radius 1 is 0.975 bits per heavy atom. The van der Waals surface area contributed by atoms with Gasteiger partial charge in [0.2, 0.25) is 0 Å². The van der Waals surface area contributed by atoms with Gasteiger partial charge in [0.15, 0.2) is 0 Å². The number of carbonyl (C=O) groups is 1. The van der Waals surface area contributed by atoms with Gasteiger partial charge in [0.25, 0.3) is 10.0 Å². The maximum Gasteiger partial charge on any atom is 0.337 e. The Kier molecular flexibility index (Phi) is 7.72. The van der Waals surface area contributed by atoms with Crippen LogP contribution in [-0.2, 0) is 21.3 Å². The molecule has 0 radical (unpaired) electrons. The first-order valence-corrected chi connectivity index (χ1v) is 14.7. The molecular weight excluding hydrogens is 526 g/mol. The Hall–Kier alpha value is -3.66. The number of aryl methyl sites for hydroxylation is 2. The second kappa shape index (κ2) is 11.1. The molecule has 2 heterocycles. The predicted octanol–water partition coefficient (Wildman–Crippen LogP) is 4.78. The van der Waals surface area contributed by atoms with E-state index in [0.717, 1.165) is 53.0 Å². The largest absolute Gasteiger partial charge is 0.496 e. The lowest BCUT2D eigenvalue weighted by Crippen LogP contribution is -2.46. The van der Waals surface area contributed by atoms with Crippen LogP contribution in [0, 0.1) is 13.8 Å².